The second-order valence-electron chi connectivity index (χ2n) is 1.38. The number of nitrogens with one attached hydrogen (secondary N) is 1. The molecule has 5 heteroatoms. The fourth-order valence-electron chi connectivity index (χ4n) is 0.397. The standard InChI is InChI=1S/C4H5NO2S.ClH/c6-4(7)3-1-5-8-2-3;/h1,5H,2H2,(H,6,7);1H. The molecule has 0 spiro atoms. The average Bonchev–Trinajstić information content (AvgIpc) is 2.12. The summed E-state index contributed by atoms with van der Waals surface area (Å²) in [6.07, 6.45) is 1.51. The van der Waals surface area contributed by atoms with Crippen molar-refractivity contribution >= 4 is 30.3 Å². The molecule has 1 rings (SSSR count). The second-order valence-corrected chi connectivity index (χ2v) is 2.19. The lowest BCUT2D eigenvalue weighted by Crippen LogP contribution is -1.98. The van der Waals surface area contributed by atoms with Gasteiger partial charge < -0.3 is 9.83 Å². The molecule has 0 bridgehead atoms. The minimum atomic E-state index is -0.831. The maximum absolute atomic E-state index is 10.1. The number of rotatable bonds is 1. The Kier molecular flexibility index (Phi) is 3.49. The molecule has 0 aliphatic carbocycles. The zero-order chi connectivity index (χ0) is 5.98. The molecule has 0 aromatic rings. The third-order valence-electron chi connectivity index (χ3n) is 0.819. The van der Waals surface area contributed by atoms with E-state index in [2.05, 4.69) is 4.72 Å². The first-order chi connectivity index (χ1) is 3.80. The second kappa shape index (κ2) is 3.63. The van der Waals surface area contributed by atoms with Gasteiger partial charge in [0.15, 0.2) is 0 Å². The van der Waals surface area contributed by atoms with E-state index in [0.717, 1.165) is 0 Å². The monoisotopic (exact) mass is 167 g/mol. The summed E-state index contributed by atoms with van der Waals surface area (Å²) in [7, 11) is 0. The van der Waals surface area contributed by atoms with Crippen LogP contribution in [0.3, 0.4) is 0 Å². The lowest BCUT2D eigenvalue weighted by molar-refractivity contribution is -0.132. The summed E-state index contributed by atoms with van der Waals surface area (Å²) in [6.45, 7) is 0. The summed E-state index contributed by atoms with van der Waals surface area (Å²) in [5.41, 5.74) is 0.440. The molecule has 0 atom stereocenters. The number of carboxylic acids is 1. The molecule has 1 aliphatic heterocycles. The highest BCUT2D eigenvalue weighted by Gasteiger charge is 2.10. The Morgan fingerprint density at radius 1 is 1.89 bits per heavy atom. The van der Waals surface area contributed by atoms with Gasteiger partial charge in [-0.2, -0.15) is 0 Å². The first-order valence-electron chi connectivity index (χ1n) is 2.10. The highest BCUT2D eigenvalue weighted by molar-refractivity contribution is 7.97. The van der Waals surface area contributed by atoms with Gasteiger partial charge in [0.1, 0.15) is 0 Å². The SMILES string of the molecule is Cl.O=C(O)C1=CNSC1. The van der Waals surface area contributed by atoms with Crippen LogP contribution in [-0.2, 0) is 4.79 Å². The Balaban J connectivity index is 0.000000640. The third-order valence-corrected chi connectivity index (χ3v) is 1.56. The molecule has 1 aliphatic rings. The van der Waals surface area contributed by atoms with E-state index in [-0.39, 0.29) is 12.4 Å². The predicted octanol–water partition coefficient (Wildman–Crippen LogP) is 0.628. The minimum absolute atomic E-state index is 0. The molecule has 0 radical (unpaired) electrons. The summed E-state index contributed by atoms with van der Waals surface area (Å²) < 4.78 is 2.73. The number of carbonyl (C=O) groups is 1. The van der Waals surface area contributed by atoms with Gasteiger partial charge in [-0.05, 0) is 11.9 Å². The van der Waals surface area contributed by atoms with Gasteiger partial charge in [-0.15, -0.1) is 12.4 Å². The van der Waals surface area contributed by atoms with Gasteiger partial charge in [0.25, 0.3) is 0 Å². The smallest absolute Gasteiger partial charge is 0.333 e. The van der Waals surface area contributed by atoms with Crippen molar-refractivity contribution in [3.8, 4) is 0 Å². The van der Waals surface area contributed by atoms with Gasteiger partial charge in [-0.3, -0.25) is 0 Å². The normalized spacial score (nSPS) is 15.3. The molecule has 2 N–H and O–H groups in total. The van der Waals surface area contributed by atoms with Gasteiger partial charge in [0.2, 0.25) is 0 Å². The Morgan fingerprint density at radius 3 is 2.78 bits per heavy atom. The lowest BCUT2D eigenvalue weighted by atomic mass is 10.3. The number of halogens is 1. The summed E-state index contributed by atoms with van der Waals surface area (Å²) in [5.74, 6) is -0.266. The van der Waals surface area contributed by atoms with E-state index in [1.54, 1.807) is 0 Å². The van der Waals surface area contributed by atoms with Crippen LogP contribution in [0.15, 0.2) is 11.8 Å². The fourth-order valence-corrected chi connectivity index (χ4v) is 1.07. The van der Waals surface area contributed by atoms with Crippen LogP contribution < -0.4 is 4.72 Å². The zero-order valence-corrected chi connectivity index (χ0v) is 6.09. The Hall–Kier alpha value is -0.350. The first kappa shape index (κ1) is 8.65. The molecule has 1 heterocycles. The van der Waals surface area contributed by atoms with Crippen LogP contribution in [0.4, 0.5) is 0 Å². The van der Waals surface area contributed by atoms with Crippen molar-refractivity contribution < 1.29 is 9.90 Å². The van der Waals surface area contributed by atoms with Gasteiger partial charge >= 0.3 is 5.97 Å². The molecule has 0 amide bonds. The van der Waals surface area contributed by atoms with Gasteiger partial charge in [0.05, 0.1) is 5.57 Å². The summed E-state index contributed by atoms with van der Waals surface area (Å²) >= 11 is 1.39. The summed E-state index contributed by atoms with van der Waals surface area (Å²) in [4.78, 5) is 10.1. The number of aliphatic carboxylic acids is 1. The quantitative estimate of drug-likeness (QED) is 0.563. The van der Waals surface area contributed by atoms with E-state index in [0.29, 0.717) is 11.3 Å². The van der Waals surface area contributed by atoms with Gasteiger partial charge in [-0.25, -0.2) is 4.79 Å². The molecular formula is C4H6ClNO2S. The van der Waals surface area contributed by atoms with Crippen LogP contribution in [0.25, 0.3) is 0 Å². The molecule has 3 nitrogen and oxygen atoms in total. The van der Waals surface area contributed by atoms with Crippen LogP contribution in [-0.4, -0.2) is 16.8 Å². The number of hydrogen-bond donors (Lipinski definition) is 2. The maximum Gasteiger partial charge on any atom is 0.333 e. The molecule has 0 fully saturated rings. The van der Waals surface area contributed by atoms with Crippen LogP contribution >= 0.6 is 24.4 Å². The van der Waals surface area contributed by atoms with Crippen LogP contribution in [0.5, 0.6) is 0 Å². The Labute approximate surface area is 63.1 Å². The van der Waals surface area contributed by atoms with Crippen LogP contribution in [0, 0.1) is 0 Å². The Morgan fingerprint density at radius 2 is 2.56 bits per heavy atom. The van der Waals surface area contributed by atoms with Crippen molar-refractivity contribution in [1.29, 1.82) is 0 Å². The molecule has 9 heavy (non-hydrogen) atoms. The third kappa shape index (κ3) is 2.15. The van der Waals surface area contributed by atoms with E-state index in [4.69, 9.17) is 5.11 Å². The number of carboxylic acid groups (broad SMARTS) is 1. The molecule has 0 saturated heterocycles. The van der Waals surface area contributed by atoms with Crippen LogP contribution in [0.1, 0.15) is 0 Å². The first-order valence-corrected chi connectivity index (χ1v) is 3.09. The van der Waals surface area contributed by atoms with E-state index in [1.165, 1.54) is 18.1 Å². The van der Waals surface area contributed by atoms with E-state index < -0.39 is 5.97 Å². The summed E-state index contributed by atoms with van der Waals surface area (Å²) in [5, 5.41) is 8.29. The van der Waals surface area contributed by atoms with Crippen molar-refractivity contribution in [2.24, 2.45) is 0 Å². The molecule has 0 aromatic carbocycles. The highest BCUT2D eigenvalue weighted by Crippen LogP contribution is 2.10. The largest absolute Gasteiger partial charge is 0.478 e. The van der Waals surface area contributed by atoms with Gasteiger partial charge in [0, 0.05) is 12.0 Å². The average molecular weight is 168 g/mol. The highest BCUT2D eigenvalue weighted by atomic mass is 35.5. The predicted molar refractivity (Wildman–Crippen MR) is 38.6 cm³/mol. The zero-order valence-electron chi connectivity index (χ0n) is 4.46. The van der Waals surface area contributed by atoms with Crippen molar-refractivity contribution in [2.45, 2.75) is 0 Å². The van der Waals surface area contributed by atoms with Crippen molar-refractivity contribution in [3.63, 3.8) is 0 Å². The molecule has 52 valence electrons. The van der Waals surface area contributed by atoms with Crippen molar-refractivity contribution in [1.82, 2.24) is 4.72 Å². The molecule has 0 unspecified atom stereocenters. The topological polar surface area (TPSA) is 49.3 Å². The fraction of sp³-hybridized carbons (Fsp3) is 0.250. The Bertz CT molecular complexity index is 148. The van der Waals surface area contributed by atoms with E-state index in [9.17, 15) is 4.79 Å². The summed E-state index contributed by atoms with van der Waals surface area (Å²) in [6, 6.07) is 0. The lowest BCUT2D eigenvalue weighted by Gasteiger charge is -1.84. The van der Waals surface area contributed by atoms with E-state index in [1.807, 2.05) is 0 Å². The van der Waals surface area contributed by atoms with Crippen molar-refractivity contribution in [3.05, 3.63) is 11.8 Å². The van der Waals surface area contributed by atoms with Gasteiger partial charge in [-0.1, -0.05) is 0 Å². The van der Waals surface area contributed by atoms with Crippen molar-refractivity contribution in [2.75, 3.05) is 5.75 Å². The molecule has 0 saturated carbocycles. The minimum Gasteiger partial charge on any atom is -0.478 e. The van der Waals surface area contributed by atoms with E-state index >= 15 is 0 Å². The molecular weight excluding hydrogens is 162 g/mol. The number of hydrogen-bond acceptors (Lipinski definition) is 3. The molecule has 0 aromatic heterocycles. The maximum atomic E-state index is 10.1. The van der Waals surface area contributed by atoms with Crippen LogP contribution in [0.2, 0.25) is 0 Å².